The second-order valence-electron chi connectivity index (χ2n) is 5.95. The van der Waals surface area contributed by atoms with Gasteiger partial charge in [0.05, 0.1) is 18.3 Å². The van der Waals surface area contributed by atoms with Gasteiger partial charge in [-0.1, -0.05) is 13.3 Å². The molecule has 0 aliphatic rings. The number of carbonyl (C=O) groups excluding carboxylic acids is 2. The van der Waals surface area contributed by atoms with Crippen LogP contribution in [0.3, 0.4) is 0 Å². The van der Waals surface area contributed by atoms with Crippen LogP contribution in [0.25, 0.3) is 0 Å². The molecule has 23 heavy (non-hydrogen) atoms. The first kappa shape index (κ1) is 19.2. The number of aromatic amines is 1. The third kappa shape index (κ3) is 4.82. The van der Waals surface area contributed by atoms with E-state index in [1.807, 2.05) is 6.92 Å². The highest BCUT2D eigenvalue weighted by atomic mass is 16.5. The third-order valence-corrected chi connectivity index (χ3v) is 3.64. The molecule has 0 unspecified atom stereocenters. The fraction of sp³-hybridized carbons (Fsp3) is 0.647. The first-order valence-corrected chi connectivity index (χ1v) is 8.13. The van der Waals surface area contributed by atoms with Crippen LogP contribution in [0.1, 0.15) is 65.7 Å². The Labute approximate surface area is 137 Å². The highest BCUT2D eigenvalue weighted by Crippen LogP contribution is 2.21. The Morgan fingerprint density at radius 2 is 1.91 bits per heavy atom. The Hall–Kier alpha value is -1.82. The molecule has 6 nitrogen and oxygen atoms in total. The second-order valence-corrected chi connectivity index (χ2v) is 5.95. The third-order valence-electron chi connectivity index (χ3n) is 3.64. The number of hydrogen-bond donors (Lipinski definition) is 2. The van der Waals surface area contributed by atoms with Gasteiger partial charge in [0.25, 0.3) is 5.91 Å². The maximum Gasteiger partial charge on any atom is 0.340 e. The number of aliphatic hydroxyl groups excluding tert-OH is 1. The molecule has 2 N–H and O–H groups in total. The maximum absolute atomic E-state index is 12.7. The van der Waals surface area contributed by atoms with Crippen LogP contribution in [0.2, 0.25) is 0 Å². The van der Waals surface area contributed by atoms with Crippen molar-refractivity contribution in [3.8, 4) is 0 Å². The van der Waals surface area contributed by atoms with E-state index in [0.717, 1.165) is 12.8 Å². The largest absolute Gasteiger partial charge is 0.459 e. The molecular weight excluding hydrogens is 296 g/mol. The predicted octanol–water partition coefficient (Wildman–Crippen LogP) is 2.43. The summed E-state index contributed by atoms with van der Waals surface area (Å²) in [5, 5.41) is 9.17. The van der Waals surface area contributed by atoms with Gasteiger partial charge in [0.1, 0.15) is 5.69 Å². The molecule has 0 aliphatic heterocycles. The minimum Gasteiger partial charge on any atom is -0.459 e. The van der Waals surface area contributed by atoms with Crippen LogP contribution in [-0.2, 0) is 4.74 Å². The lowest BCUT2D eigenvalue weighted by atomic mass is 10.1. The Bertz CT molecular complexity index is 549. The summed E-state index contributed by atoms with van der Waals surface area (Å²) < 4.78 is 5.24. The van der Waals surface area contributed by atoms with E-state index in [1.165, 1.54) is 0 Å². The van der Waals surface area contributed by atoms with Crippen molar-refractivity contribution in [1.82, 2.24) is 9.88 Å². The summed E-state index contributed by atoms with van der Waals surface area (Å²) in [6.07, 6.45) is 1.61. The molecule has 1 rings (SSSR count). The second kappa shape index (κ2) is 8.72. The van der Waals surface area contributed by atoms with Crippen LogP contribution in [0, 0.1) is 13.8 Å². The van der Waals surface area contributed by atoms with Gasteiger partial charge in [0.15, 0.2) is 0 Å². The molecule has 0 radical (unpaired) electrons. The average molecular weight is 324 g/mol. The molecule has 0 saturated carbocycles. The zero-order valence-electron chi connectivity index (χ0n) is 14.7. The number of carbonyl (C=O) groups is 2. The van der Waals surface area contributed by atoms with E-state index in [0.29, 0.717) is 29.1 Å². The Kier molecular flexibility index (Phi) is 7.29. The van der Waals surface area contributed by atoms with Gasteiger partial charge < -0.3 is 19.7 Å². The molecule has 0 fully saturated rings. The van der Waals surface area contributed by atoms with Crippen molar-refractivity contribution in [2.45, 2.75) is 53.6 Å². The number of H-pyrrole nitrogens is 1. The number of aliphatic hydroxyl groups is 1. The summed E-state index contributed by atoms with van der Waals surface area (Å²) in [6.45, 7) is 9.89. The molecule has 0 saturated heterocycles. The van der Waals surface area contributed by atoms with Gasteiger partial charge in [-0.05, 0) is 39.7 Å². The lowest BCUT2D eigenvalue weighted by Gasteiger charge is -2.21. The van der Waals surface area contributed by atoms with E-state index in [-0.39, 0.29) is 25.2 Å². The van der Waals surface area contributed by atoms with Crippen LogP contribution in [0.4, 0.5) is 0 Å². The van der Waals surface area contributed by atoms with Crippen molar-refractivity contribution in [2.24, 2.45) is 0 Å². The van der Waals surface area contributed by atoms with Crippen LogP contribution in [-0.4, -0.2) is 52.7 Å². The van der Waals surface area contributed by atoms with Crippen LogP contribution >= 0.6 is 0 Å². The van der Waals surface area contributed by atoms with Gasteiger partial charge in [-0.3, -0.25) is 4.79 Å². The topological polar surface area (TPSA) is 82.6 Å². The molecule has 130 valence electrons. The van der Waals surface area contributed by atoms with Gasteiger partial charge in [0.2, 0.25) is 0 Å². The van der Waals surface area contributed by atoms with Crippen molar-refractivity contribution >= 4 is 11.9 Å². The number of hydrogen-bond acceptors (Lipinski definition) is 4. The van der Waals surface area contributed by atoms with Gasteiger partial charge in [-0.2, -0.15) is 0 Å². The zero-order valence-corrected chi connectivity index (χ0v) is 14.7. The maximum atomic E-state index is 12.7. The van der Waals surface area contributed by atoms with E-state index in [4.69, 9.17) is 4.74 Å². The average Bonchev–Trinajstić information content (AvgIpc) is 2.77. The Morgan fingerprint density at radius 3 is 2.43 bits per heavy atom. The number of aryl methyl sites for hydroxylation is 1. The number of ether oxygens (including phenoxy) is 1. The van der Waals surface area contributed by atoms with Crippen LogP contribution in [0.15, 0.2) is 0 Å². The minimum atomic E-state index is -0.424. The fourth-order valence-corrected chi connectivity index (χ4v) is 2.49. The molecule has 1 aromatic heterocycles. The summed E-state index contributed by atoms with van der Waals surface area (Å²) in [6, 6.07) is 0. The lowest BCUT2D eigenvalue weighted by molar-refractivity contribution is 0.0376. The molecule has 0 atom stereocenters. The van der Waals surface area contributed by atoms with Crippen LogP contribution in [0.5, 0.6) is 0 Å². The number of nitrogens with zero attached hydrogens (tertiary/aromatic N) is 1. The molecule has 0 aliphatic carbocycles. The Balaban J connectivity index is 3.08. The molecule has 0 aromatic carbocycles. The molecule has 6 heteroatoms. The SMILES string of the molecule is CCCCN(CCO)C(=O)c1[nH]c(C)c(C(=O)OC(C)C)c1C. The van der Waals surface area contributed by atoms with E-state index >= 15 is 0 Å². The number of nitrogens with one attached hydrogen (secondary N) is 1. The van der Waals surface area contributed by atoms with Crippen molar-refractivity contribution in [1.29, 1.82) is 0 Å². The van der Waals surface area contributed by atoms with Gasteiger partial charge in [-0.25, -0.2) is 4.79 Å². The first-order chi connectivity index (χ1) is 10.8. The zero-order chi connectivity index (χ0) is 17.6. The van der Waals surface area contributed by atoms with Crippen molar-refractivity contribution in [3.05, 3.63) is 22.5 Å². The summed E-state index contributed by atoms with van der Waals surface area (Å²) in [5.74, 6) is -0.621. The van der Waals surface area contributed by atoms with Crippen LogP contribution < -0.4 is 0 Å². The quantitative estimate of drug-likeness (QED) is 0.720. The smallest absolute Gasteiger partial charge is 0.340 e. The normalized spacial score (nSPS) is 10.9. The summed E-state index contributed by atoms with van der Waals surface area (Å²) >= 11 is 0. The lowest BCUT2D eigenvalue weighted by Crippen LogP contribution is -2.35. The molecule has 1 heterocycles. The van der Waals surface area contributed by atoms with Gasteiger partial charge in [-0.15, -0.1) is 0 Å². The highest BCUT2D eigenvalue weighted by molar-refractivity contribution is 6.00. The summed E-state index contributed by atoms with van der Waals surface area (Å²) in [7, 11) is 0. The summed E-state index contributed by atoms with van der Waals surface area (Å²) in [4.78, 5) is 29.5. The van der Waals surface area contributed by atoms with Gasteiger partial charge >= 0.3 is 5.97 Å². The summed E-state index contributed by atoms with van der Waals surface area (Å²) in [5.41, 5.74) is 2.03. The van der Waals surface area contributed by atoms with E-state index < -0.39 is 5.97 Å². The molecule has 0 spiro atoms. The van der Waals surface area contributed by atoms with E-state index in [2.05, 4.69) is 4.98 Å². The number of rotatable bonds is 8. The predicted molar refractivity (Wildman–Crippen MR) is 88.7 cm³/mol. The highest BCUT2D eigenvalue weighted by Gasteiger charge is 2.26. The monoisotopic (exact) mass is 324 g/mol. The van der Waals surface area contributed by atoms with Crippen molar-refractivity contribution in [3.63, 3.8) is 0 Å². The molecule has 0 bridgehead atoms. The van der Waals surface area contributed by atoms with E-state index in [9.17, 15) is 14.7 Å². The number of amides is 1. The van der Waals surface area contributed by atoms with Crippen molar-refractivity contribution < 1.29 is 19.4 Å². The standard InChI is InChI=1S/C17H28N2O4/c1-6-7-8-19(9-10-20)16(21)15-12(4)14(13(5)18-15)17(22)23-11(2)3/h11,18,20H,6-10H2,1-5H3. The first-order valence-electron chi connectivity index (χ1n) is 8.13. The molecular formula is C17H28N2O4. The van der Waals surface area contributed by atoms with Gasteiger partial charge in [0, 0.05) is 18.8 Å². The minimum absolute atomic E-state index is 0.0869. The molecule has 1 amide bonds. The fourth-order valence-electron chi connectivity index (χ4n) is 2.49. The Morgan fingerprint density at radius 1 is 1.26 bits per heavy atom. The number of unbranched alkanes of at least 4 members (excludes halogenated alkanes) is 1. The number of aromatic nitrogens is 1. The van der Waals surface area contributed by atoms with E-state index in [1.54, 1.807) is 32.6 Å². The van der Waals surface area contributed by atoms with Crippen molar-refractivity contribution in [2.75, 3.05) is 19.7 Å². The number of esters is 1. The molecule has 1 aromatic rings.